The molecule has 0 aromatic heterocycles. The van der Waals surface area contributed by atoms with Crippen LogP contribution in [0.2, 0.25) is 0 Å². The highest BCUT2D eigenvalue weighted by Gasteiger charge is 2.22. The number of rotatable bonds is 7. The van der Waals surface area contributed by atoms with Gasteiger partial charge in [0, 0.05) is 31.6 Å². The molecule has 23 heavy (non-hydrogen) atoms. The van der Waals surface area contributed by atoms with E-state index in [9.17, 15) is 8.42 Å². The Bertz CT molecular complexity index is 600. The molecule has 1 aromatic rings. The molecule has 1 atom stereocenters. The number of morpholine rings is 1. The van der Waals surface area contributed by atoms with E-state index < -0.39 is 10.0 Å². The van der Waals surface area contributed by atoms with Crippen molar-refractivity contribution in [3.63, 3.8) is 0 Å². The summed E-state index contributed by atoms with van der Waals surface area (Å²) in [4.78, 5) is 2.33. The van der Waals surface area contributed by atoms with Crippen molar-refractivity contribution in [2.45, 2.75) is 20.0 Å². The Kier molecular flexibility index (Phi) is 6.77. The van der Waals surface area contributed by atoms with Crippen LogP contribution in [-0.2, 0) is 14.8 Å². The summed E-state index contributed by atoms with van der Waals surface area (Å²) >= 11 is 0. The van der Waals surface area contributed by atoms with E-state index >= 15 is 0 Å². The highest BCUT2D eigenvalue weighted by Crippen LogP contribution is 2.08. The molecule has 1 heterocycles. The molecule has 0 spiro atoms. The second-order valence-corrected chi connectivity index (χ2v) is 7.90. The number of nitrogens with one attached hydrogen (secondary N) is 1. The van der Waals surface area contributed by atoms with Crippen LogP contribution in [0.15, 0.2) is 35.7 Å². The number of hydrogen-bond donors (Lipinski definition) is 1. The maximum Gasteiger partial charge on any atom is 0.233 e. The minimum atomic E-state index is -3.45. The molecule has 1 N–H and O–H groups in total. The van der Waals surface area contributed by atoms with E-state index in [1.807, 2.05) is 30.3 Å². The first-order valence-corrected chi connectivity index (χ1v) is 9.56. The first-order chi connectivity index (χ1) is 10.9. The molecular weight excluding hydrogens is 312 g/mol. The van der Waals surface area contributed by atoms with Crippen LogP contribution in [-0.4, -0.2) is 52.2 Å². The lowest BCUT2D eigenvalue weighted by Gasteiger charge is -2.33. The van der Waals surface area contributed by atoms with Crippen molar-refractivity contribution in [2.24, 2.45) is 5.92 Å². The molecule has 1 saturated heterocycles. The van der Waals surface area contributed by atoms with Gasteiger partial charge >= 0.3 is 0 Å². The first kappa shape index (κ1) is 18.1. The first-order valence-electron chi connectivity index (χ1n) is 8.01. The van der Waals surface area contributed by atoms with Gasteiger partial charge in [-0.1, -0.05) is 44.2 Å². The van der Waals surface area contributed by atoms with Crippen LogP contribution in [0.25, 0.3) is 6.08 Å². The van der Waals surface area contributed by atoms with E-state index in [2.05, 4.69) is 23.5 Å². The second-order valence-electron chi connectivity index (χ2n) is 6.25. The van der Waals surface area contributed by atoms with E-state index in [0.717, 1.165) is 25.2 Å². The topological polar surface area (TPSA) is 58.6 Å². The monoisotopic (exact) mass is 338 g/mol. The lowest BCUT2D eigenvalue weighted by Crippen LogP contribution is -2.48. The third-order valence-electron chi connectivity index (χ3n) is 3.60. The van der Waals surface area contributed by atoms with E-state index in [0.29, 0.717) is 19.1 Å². The zero-order valence-corrected chi connectivity index (χ0v) is 14.6. The SMILES string of the molecule is CC(C)CN1CCOC(CNS(=O)(=O)/C=C/c2ccccc2)C1. The van der Waals surface area contributed by atoms with Crippen LogP contribution < -0.4 is 4.72 Å². The molecule has 2 rings (SSSR count). The lowest BCUT2D eigenvalue weighted by atomic mass is 10.2. The lowest BCUT2D eigenvalue weighted by molar-refractivity contribution is -0.0279. The van der Waals surface area contributed by atoms with Crippen LogP contribution in [0.4, 0.5) is 0 Å². The van der Waals surface area contributed by atoms with Crippen LogP contribution in [0.1, 0.15) is 19.4 Å². The molecule has 1 aliphatic heterocycles. The van der Waals surface area contributed by atoms with Gasteiger partial charge < -0.3 is 4.74 Å². The fourth-order valence-corrected chi connectivity index (χ4v) is 3.43. The predicted molar refractivity (Wildman–Crippen MR) is 93.4 cm³/mol. The minimum Gasteiger partial charge on any atom is -0.374 e. The van der Waals surface area contributed by atoms with Crippen molar-refractivity contribution in [1.82, 2.24) is 9.62 Å². The highest BCUT2D eigenvalue weighted by molar-refractivity contribution is 7.92. The Hall–Kier alpha value is -1.21. The van der Waals surface area contributed by atoms with Crippen molar-refractivity contribution in [2.75, 3.05) is 32.8 Å². The second kappa shape index (κ2) is 8.59. The third kappa shape index (κ3) is 6.83. The standard InChI is InChI=1S/C17H26N2O3S/c1-15(2)13-19-9-10-22-17(14-19)12-18-23(20,21)11-8-16-6-4-3-5-7-16/h3-8,11,15,17-18H,9-10,12-14H2,1-2H3/b11-8+. The van der Waals surface area contributed by atoms with Crippen LogP contribution in [0, 0.1) is 5.92 Å². The normalized spacial score (nSPS) is 20.4. The molecule has 1 unspecified atom stereocenters. The molecule has 0 aliphatic carbocycles. The Labute approximate surface area is 139 Å². The minimum absolute atomic E-state index is 0.0950. The van der Waals surface area contributed by atoms with Gasteiger partial charge in [-0.3, -0.25) is 4.90 Å². The highest BCUT2D eigenvalue weighted by atomic mass is 32.2. The largest absolute Gasteiger partial charge is 0.374 e. The molecule has 1 fully saturated rings. The fourth-order valence-electron chi connectivity index (χ4n) is 2.58. The molecule has 5 nitrogen and oxygen atoms in total. The Morgan fingerprint density at radius 3 is 2.78 bits per heavy atom. The summed E-state index contributed by atoms with van der Waals surface area (Å²) in [6.07, 6.45) is 1.50. The summed E-state index contributed by atoms with van der Waals surface area (Å²) in [6, 6.07) is 9.37. The van der Waals surface area contributed by atoms with Crippen LogP contribution >= 0.6 is 0 Å². The Morgan fingerprint density at radius 1 is 1.35 bits per heavy atom. The Balaban J connectivity index is 1.83. The van der Waals surface area contributed by atoms with Crippen molar-refractivity contribution in [3.05, 3.63) is 41.3 Å². The molecule has 0 amide bonds. The van der Waals surface area contributed by atoms with E-state index in [4.69, 9.17) is 4.74 Å². The van der Waals surface area contributed by atoms with Crippen molar-refractivity contribution >= 4 is 16.1 Å². The molecule has 1 aliphatic rings. The maximum atomic E-state index is 12.0. The predicted octanol–water partition coefficient (Wildman–Crippen LogP) is 1.93. The molecule has 0 radical (unpaired) electrons. The van der Waals surface area contributed by atoms with E-state index in [-0.39, 0.29) is 6.10 Å². The number of benzene rings is 1. The molecule has 0 saturated carbocycles. The van der Waals surface area contributed by atoms with Gasteiger partial charge in [0.2, 0.25) is 10.0 Å². The molecule has 128 valence electrons. The summed E-state index contributed by atoms with van der Waals surface area (Å²) in [5.74, 6) is 0.597. The van der Waals surface area contributed by atoms with E-state index in [1.54, 1.807) is 6.08 Å². The van der Waals surface area contributed by atoms with Gasteiger partial charge in [0.05, 0.1) is 12.7 Å². The maximum absolute atomic E-state index is 12.0. The van der Waals surface area contributed by atoms with Crippen LogP contribution in [0.5, 0.6) is 0 Å². The number of hydrogen-bond acceptors (Lipinski definition) is 4. The smallest absolute Gasteiger partial charge is 0.233 e. The summed E-state index contributed by atoms with van der Waals surface area (Å²) in [7, 11) is -3.45. The molecule has 1 aromatic carbocycles. The summed E-state index contributed by atoms with van der Waals surface area (Å²) < 4.78 is 32.3. The van der Waals surface area contributed by atoms with Crippen molar-refractivity contribution < 1.29 is 13.2 Å². The quantitative estimate of drug-likeness (QED) is 0.825. The summed E-state index contributed by atoms with van der Waals surface area (Å²) in [6.45, 7) is 8.01. The van der Waals surface area contributed by atoms with E-state index in [1.165, 1.54) is 5.41 Å². The fraction of sp³-hybridized carbons (Fsp3) is 0.529. The average Bonchev–Trinajstić information content (AvgIpc) is 2.52. The van der Waals surface area contributed by atoms with Crippen molar-refractivity contribution in [1.29, 1.82) is 0 Å². The van der Waals surface area contributed by atoms with Gasteiger partial charge in [-0.05, 0) is 17.6 Å². The van der Waals surface area contributed by atoms with Gasteiger partial charge in [-0.25, -0.2) is 13.1 Å². The Morgan fingerprint density at radius 2 is 2.09 bits per heavy atom. The number of ether oxygens (including phenoxy) is 1. The van der Waals surface area contributed by atoms with Gasteiger partial charge in [0.1, 0.15) is 0 Å². The molecular formula is C17H26N2O3S. The zero-order valence-electron chi connectivity index (χ0n) is 13.8. The van der Waals surface area contributed by atoms with Crippen LogP contribution in [0.3, 0.4) is 0 Å². The third-order valence-corrected chi connectivity index (χ3v) is 4.66. The average molecular weight is 338 g/mol. The molecule has 0 bridgehead atoms. The van der Waals surface area contributed by atoms with Gasteiger partial charge in [0.15, 0.2) is 0 Å². The summed E-state index contributed by atoms with van der Waals surface area (Å²) in [5, 5.41) is 1.21. The molecule has 6 heteroatoms. The van der Waals surface area contributed by atoms with Gasteiger partial charge in [0.25, 0.3) is 0 Å². The zero-order chi connectivity index (χ0) is 16.7. The number of nitrogens with zero attached hydrogens (tertiary/aromatic N) is 1. The number of sulfonamides is 1. The van der Waals surface area contributed by atoms with Gasteiger partial charge in [-0.15, -0.1) is 0 Å². The van der Waals surface area contributed by atoms with Gasteiger partial charge in [-0.2, -0.15) is 0 Å². The summed E-state index contributed by atoms with van der Waals surface area (Å²) in [5.41, 5.74) is 0.856. The van der Waals surface area contributed by atoms with Crippen molar-refractivity contribution in [3.8, 4) is 0 Å².